The highest BCUT2D eigenvalue weighted by atomic mass is 19.1. The molecule has 1 saturated heterocycles. The maximum absolute atomic E-state index is 12.6. The average molecular weight is 181 g/mol. The van der Waals surface area contributed by atoms with Crippen LogP contribution in [0.2, 0.25) is 0 Å². The minimum Gasteiger partial charge on any atom is -0.391 e. The second-order valence-electron chi connectivity index (χ2n) is 3.34. The Labute approximate surface area is 76.4 Å². The van der Waals surface area contributed by atoms with E-state index in [2.05, 4.69) is 5.32 Å². The van der Waals surface area contributed by atoms with Gasteiger partial charge in [0.2, 0.25) is 0 Å². The van der Waals surface area contributed by atoms with Crippen molar-refractivity contribution in [3.05, 3.63) is 35.6 Å². The van der Waals surface area contributed by atoms with E-state index in [1.807, 2.05) is 0 Å². The normalized spacial score (nSPS) is 27.8. The Hall–Kier alpha value is -0.930. The van der Waals surface area contributed by atoms with Crippen molar-refractivity contribution in [2.75, 3.05) is 6.54 Å². The molecule has 0 amide bonds. The predicted molar refractivity (Wildman–Crippen MR) is 47.8 cm³/mol. The fourth-order valence-electron chi connectivity index (χ4n) is 1.70. The topological polar surface area (TPSA) is 32.3 Å². The van der Waals surface area contributed by atoms with Crippen LogP contribution >= 0.6 is 0 Å². The summed E-state index contributed by atoms with van der Waals surface area (Å²) in [4.78, 5) is 0. The first-order valence-corrected chi connectivity index (χ1v) is 4.44. The van der Waals surface area contributed by atoms with Crippen molar-refractivity contribution in [1.29, 1.82) is 0 Å². The maximum Gasteiger partial charge on any atom is 0.123 e. The summed E-state index contributed by atoms with van der Waals surface area (Å²) in [6.07, 6.45) is 0.424. The molecule has 2 N–H and O–H groups in total. The average Bonchev–Trinajstić information content (AvgIpc) is 2.53. The van der Waals surface area contributed by atoms with Crippen molar-refractivity contribution < 1.29 is 9.50 Å². The molecule has 0 radical (unpaired) electrons. The lowest BCUT2D eigenvalue weighted by molar-refractivity contribution is 0.160. The first kappa shape index (κ1) is 8.66. The second kappa shape index (κ2) is 3.44. The van der Waals surface area contributed by atoms with E-state index in [-0.39, 0.29) is 18.0 Å². The SMILES string of the molecule is O[C@H]1CCN[C@@H]1c1ccc(F)cc1. The Balaban J connectivity index is 2.20. The van der Waals surface area contributed by atoms with Gasteiger partial charge in [0.15, 0.2) is 0 Å². The Morgan fingerprint density at radius 1 is 1.31 bits per heavy atom. The highest BCUT2D eigenvalue weighted by molar-refractivity contribution is 5.22. The highest BCUT2D eigenvalue weighted by Gasteiger charge is 2.25. The van der Waals surface area contributed by atoms with Crippen LogP contribution in [-0.4, -0.2) is 17.8 Å². The third kappa shape index (κ3) is 1.71. The number of aliphatic hydroxyl groups is 1. The van der Waals surface area contributed by atoms with E-state index < -0.39 is 0 Å². The van der Waals surface area contributed by atoms with Crippen LogP contribution in [-0.2, 0) is 0 Å². The Morgan fingerprint density at radius 3 is 2.54 bits per heavy atom. The fraction of sp³-hybridized carbons (Fsp3) is 0.400. The van der Waals surface area contributed by atoms with Crippen molar-refractivity contribution in [3.8, 4) is 0 Å². The largest absolute Gasteiger partial charge is 0.391 e. The first-order valence-electron chi connectivity index (χ1n) is 4.44. The molecule has 1 aliphatic heterocycles. The summed E-state index contributed by atoms with van der Waals surface area (Å²) in [6.45, 7) is 0.823. The molecule has 1 aromatic rings. The molecule has 70 valence electrons. The standard InChI is InChI=1S/C10H12FNO/c11-8-3-1-7(2-4-8)10-9(13)5-6-12-10/h1-4,9-10,12-13H,5-6H2/t9-,10+/m0/s1. The number of aliphatic hydroxyl groups excluding tert-OH is 1. The van der Waals surface area contributed by atoms with Crippen molar-refractivity contribution in [1.82, 2.24) is 5.32 Å². The van der Waals surface area contributed by atoms with Gasteiger partial charge in [0.1, 0.15) is 5.82 Å². The van der Waals surface area contributed by atoms with Crippen molar-refractivity contribution >= 4 is 0 Å². The Bertz CT molecular complexity index is 285. The zero-order valence-electron chi connectivity index (χ0n) is 7.20. The molecule has 0 unspecified atom stereocenters. The lowest BCUT2D eigenvalue weighted by atomic mass is 10.0. The van der Waals surface area contributed by atoms with Crippen LogP contribution in [0.1, 0.15) is 18.0 Å². The summed E-state index contributed by atoms with van der Waals surface area (Å²) >= 11 is 0. The van der Waals surface area contributed by atoms with Gasteiger partial charge in [-0.1, -0.05) is 12.1 Å². The van der Waals surface area contributed by atoms with E-state index in [1.165, 1.54) is 12.1 Å². The summed E-state index contributed by atoms with van der Waals surface area (Å²) in [5, 5.41) is 12.7. The van der Waals surface area contributed by atoms with E-state index in [0.29, 0.717) is 0 Å². The lowest BCUT2D eigenvalue weighted by Gasteiger charge is -2.14. The van der Waals surface area contributed by atoms with Gasteiger partial charge in [-0.05, 0) is 30.7 Å². The quantitative estimate of drug-likeness (QED) is 0.682. The molecule has 3 heteroatoms. The van der Waals surface area contributed by atoms with Crippen LogP contribution in [0.5, 0.6) is 0 Å². The van der Waals surface area contributed by atoms with E-state index in [9.17, 15) is 9.50 Å². The van der Waals surface area contributed by atoms with Gasteiger partial charge in [-0.2, -0.15) is 0 Å². The van der Waals surface area contributed by atoms with Crippen LogP contribution < -0.4 is 5.32 Å². The van der Waals surface area contributed by atoms with Crippen LogP contribution in [0.4, 0.5) is 4.39 Å². The summed E-state index contributed by atoms with van der Waals surface area (Å²) in [7, 11) is 0. The van der Waals surface area contributed by atoms with Crippen LogP contribution in [0.25, 0.3) is 0 Å². The number of hydrogen-bond donors (Lipinski definition) is 2. The predicted octanol–water partition coefficient (Wildman–Crippen LogP) is 1.22. The number of hydrogen-bond acceptors (Lipinski definition) is 2. The summed E-state index contributed by atoms with van der Waals surface area (Å²) in [5.41, 5.74) is 0.950. The van der Waals surface area contributed by atoms with E-state index in [0.717, 1.165) is 18.5 Å². The highest BCUT2D eigenvalue weighted by Crippen LogP contribution is 2.23. The van der Waals surface area contributed by atoms with E-state index in [4.69, 9.17) is 0 Å². The summed E-state index contributed by atoms with van der Waals surface area (Å²) in [6, 6.07) is 6.23. The van der Waals surface area contributed by atoms with Gasteiger partial charge < -0.3 is 10.4 Å². The molecule has 2 nitrogen and oxygen atoms in total. The molecule has 1 fully saturated rings. The third-order valence-corrected chi connectivity index (χ3v) is 2.42. The molecular weight excluding hydrogens is 169 g/mol. The first-order chi connectivity index (χ1) is 6.27. The molecule has 1 aliphatic rings. The van der Waals surface area contributed by atoms with Crippen LogP contribution in [0, 0.1) is 5.82 Å². The number of rotatable bonds is 1. The minimum absolute atomic E-state index is 0.0272. The Kier molecular flexibility index (Phi) is 2.29. The molecule has 13 heavy (non-hydrogen) atoms. The van der Waals surface area contributed by atoms with Gasteiger partial charge in [-0.25, -0.2) is 4.39 Å². The third-order valence-electron chi connectivity index (χ3n) is 2.42. The van der Waals surface area contributed by atoms with Gasteiger partial charge in [0, 0.05) is 0 Å². The van der Waals surface area contributed by atoms with E-state index in [1.54, 1.807) is 12.1 Å². The molecule has 2 rings (SSSR count). The van der Waals surface area contributed by atoms with Crippen molar-refractivity contribution in [2.24, 2.45) is 0 Å². The van der Waals surface area contributed by atoms with Gasteiger partial charge in [0.05, 0.1) is 12.1 Å². The van der Waals surface area contributed by atoms with Crippen molar-refractivity contribution in [2.45, 2.75) is 18.6 Å². The number of nitrogens with one attached hydrogen (secondary N) is 1. The summed E-state index contributed by atoms with van der Waals surface area (Å²) < 4.78 is 12.6. The fourth-order valence-corrected chi connectivity index (χ4v) is 1.70. The van der Waals surface area contributed by atoms with Gasteiger partial charge in [0.25, 0.3) is 0 Å². The van der Waals surface area contributed by atoms with E-state index >= 15 is 0 Å². The van der Waals surface area contributed by atoms with Crippen LogP contribution in [0.15, 0.2) is 24.3 Å². The molecular formula is C10H12FNO. The van der Waals surface area contributed by atoms with Crippen LogP contribution in [0.3, 0.4) is 0 Å². The number of halogens is 1. The molecule has 1 aromatic carbocycles. The molecule has 0 spiro atoms. The summed E-state index contributed by atoms with van der Waals surface area (Å²) in [5.74, 6) is -0.240. The molecule has 0 saturated carbocycles. The lowest BCUT2D eigenvalue weighted by Crippen LogP contribution is -2.20. The molecule has 0 aliphatic carbocycles. The Morgan fingerprint density at radius 2 is 2.00 bits per heavy atom. The maximum atomic E-state index is 12.6. The van der Waals surface area contributed by atoms with Crippen molar-refractivity contribution in [3.63, 3.8) is 0 Å². The number of benzene rings is 1. The molecule has 1 heterocycles. The zero-order chi connectivity index (χ0) is 9.26. The second-order valence-corrected chi connectivity index (χ2v) is 3.34. The monoisotopic (exact) mass is 181 g/mol. The van der Waals surface area contributed by atoms with Gasteiger partial charge >= 0.3 is 0 Å². The smallest absolute Gasteiger partial charge is 0.123 e. The molecule has 0 aromatic heterocycles. The zero-order valence-corrected chi connectivity index (χ0v) is 7.20. The molecule has 0 bridgehead atoms. The van der Waals surface area contributed by atoms with Gasteiger partial charge in [-0.3, -0.25) is 0 Å². The molecule has 2 atom stereocenters. The van der Waals surface area contributed by atoms with Gasteiger partial charge in [-0.15, -0.1) is 0 Å². The minimum atomic E-state index is -0.342.